The molecule has 1 aromatic heterocycles. The molecule has 0 bridgehead atoms. The first kappa shape index (κ1) is 22.6. The molecule has 0 aliphatic carbocycles. The Hall–Kier alpha value is -4.60. The summed E-state index contributed by atoms with van der Waals surface area (Å²) in [4.78, 5) is 38.0. The van der Waals surface area contributed by atoms with Crippen LogP contribution in [0.1, 0.15) is 10.5 Å². The maximum absolute atomic E-state index is 12.9. The Morgan fingerprint density at radius 2 is 1.56 bits per heavy atom. The first-order valence-electron chi connectivity index (χ1n) is 10.0. The third kappa shape index (κ3) is 4.90. The zero-order chi connectivity index (χ0) is 24.1. The Morgan fingerprint density at radius 3 is 2.29 bits per heavy atom. The summed E-state index contributed by atoms with van der Waals surface area (Å²) in [6.45, 7) is -3.79. The van der Waals surface area contributed by atoms with Gasteiger partial charge in [-0.25, -0.2) is 4.79 Å². The Labute approximate surface area is 191 Å². The number of hydrogen-bond acceptors (Lipinski definition) is 6. The zero-order valence-electron chi connectivity index (χ0n) is 17.5. The number of alkyl halides is 2. The van der Waals surface area contributed by atoms with Gasteiger partial charge in [-0.15, -0.1) is 0 Å². The third-order valence-corrected chi connectivity index (χ3v) is 4.71. The van der Waals surface area contributed by atoms with E-state index in [1.54, 1.807) is 54.6 Å². The molecule has 0 radical (unpaired) electrons. The van der Waals surface area contributed by atoms with Gasteiger partial charge in [-0.05, 0) is 30.3 Å². The van der Waals surface area contributed by atoms with Gasteiger partial charge in [-0.2, -0.15) is 18.6 Å². The van der Waals surface area contributed by atoms with Crippen molar-refractivity contribution >= 4 is 28.3 Å². The number of esters is 1. The highest BCUT2D eigenvalue weighted by Crippen LogP contribution is 2.25. The molecule has 4 aromatic rings. The van der Waals surface area contributed by atoms with E-state index in [2.05, 4.69) is 15.2 Å². The molecule has 172 valence electrons. The molecule has 0 saturated heterocycles. The number of fused-ring (bicyclic) bond motifs is 1. The molecule has 0 aliphatic rings. The van der Waals surface area contributed by atoms with E-state index in [4.69, 9.17) is 4.74 Å². The average Bonchev–Trinajstić information content (AvgIpc) is 2.84. The van der Waals surface area contributed by atoms with Crippen LogP contribution in [0, 0.1) is 0 Å². The Bertz CT molecular complexity index is 1410. The molecule has 1 heterocycles. The zero-order valence-corrected chi connectivity index (χ0v) is 17.5. The Morgan fingerprint density at radius 1 is 0.912 bits per heavy atom. The highest BCUT2D eigenvalue weighted by atomic mass is 19.3. The second-order valence-corrected chi connectivity index (χ2v) is 6.95. The highest BCUT2D eigenvalue weighted by molar-refractivity contribution is 6.03. The van der Waals surface area contributed by atoms with Crippen LogP contribution in [0.2, 0.25) is 0 Å². The van der Waals surface area contributed by atoms with Gasteiger partial charge < -0.3 is 14.8 Å². The molecular weight excluding hydrogens is 448 g/mol. The van der Waals surface area contributed by atoms with E-state index in [1.165, 1.54) is 24.3 Å². The number of para-hydroxylation sites is 3. The number of aromatic nitrogens is 2. The molecule has 0 saturated carbocycles. The minimum atomic E-state index is -3.07. The predicted octanol–water partition coefficient (Wildman–Crippen LogP) is 3.78. The van der Waals surface area contributed by atoms with E-state index in [-0.39, 0.29) is 27.9 Å². The van der Waals surface area contributed by atoms with E-state index in [1.807, 2.05) is 0 Å². The van der Waals surface area contributed by atoms with E-state index in [9.17, 15) is 23.2 Å². The SMILES string of the molecule is O=C(COC(=O)c1nn(-c2ccccc2)c(=O)c2ccccc12)Nc1ccccc1OC(F)F. The molecule has 0 spiro atoms. The van der Waals surface area contributed by atoms with Gasteiger partial charge in [0.15, 0.2) is 12.3 Å². The summed E-state index contributed by atoms with van der Waals surface area (Å²) in [6.07, 6.45) is 0. The molecule has 34 heavy (non-hydrogen) atoms. The van der Waals surface area contributed by atoms with Crippen LogP contribution in [-0.2, 0) is 9.53 Å². The number of amides is 1. The smallest absolute Gasteiger partial charge is 0.387 e. The maximum atomic E-state index is 12.9. The predicted molar refractivity (Wildman–Crippen MR) is 119 cm³/mol. The van der Waals surface area contributed by atoms with Crippen molar-refractivity contribution in [1.29, 1.82) is 0 Å². The summed E-state index contributed by atoms with van der Waals surface area (Å²) in [5.41, 5.74) is -0.147. The topological polar surface area (TPSA) is 99.5 Å². The van der Waals surface area contributed by atoms with Crippen molar-refractivity contribution in [2.75, 3.05) is 11.9 Å². The number of rotatable bonds is 7. The first-order chi connectivity index (χ1) is 16.4. The molecule has 3 aromatic carbocycles. The largest absolute Gasteiger partial charge is 0.451 e. The molecule has 0 atom stereocenters. The van der Waals surface area contributed by atoms with E-state index in [0.29, 0.717) is 5.69 Å². The second kappa shape index (κ2) is 9.90. The van der Waals surface area contributed by atoms with Gasteiger partial charge in [0.25, 0.3) is 11.5 Å². The highest BCUT2D eigenvalue weighted by Gasteiger charge is 2.20. The van der Waals surface area contributed by atoms with Gasteiger partial charge in [0.05, 0.1) is 16.8 Å². The number of benzene rings is 3. The van der Waals surface area contributed by atoms with Crippen LogP contribution in [-0.4, -0.2) is 34.9 Å². The minimum absolute atomic E-state index is 0.00921. The fraction of sp³-hybridized carbons (Fsp3) is 0.0833. The van der Waals surface area contributed by atoms with Crippen LogP contribution in [0.15, 0.2) is 83.7 Å². The lowest BCUT2D eigenvalue weighted by atomic mass is 10.1. The van der Waals surface area contributed by atoms with Crippen molar-refractivity contribution in [3.05, 3.63) is 94.9 Å². The van der Waals surface area contributed by atoms with Crippen molar-refractivity contribution in [3.8, 4) is 11.4 Å². The Balaban J connectivity index is 1.57. The van der Waals surface area contributed by atoms with Crippen molar-refractivity contribution in [2.24, 2.45) is 0 Å². The summed E-state index contributed by atoms with van der Waals surface area (Å²) in [5.74, 6) is -1.95. The van der Waals surface area contributed by atoms with E-state index < -0.39 is 30.7 Å². The second-order valence-electron chi connectivity index (χ2n) is 6.95. The van der Waals surface area contributed by atoms with Gasteiger partial charge >= 0.3 is 12.6 Å². The standard InChI is InChI=1S/C24H17F2N3O5/c25-24(26)34-19-13-7-6-12-18(19)27-20(30)14-33-23(32)21-16-10-4-5-11-17(16)22(31)29(28-21)15-8-2-1-3-9-15/h1-13,24H,14H2,(H,27,30). The maximum Gasteiger partial charge on any atom is 0.387 e. The molecular formula is C24H17F2N3O5. The molecule has 1 amide bonds. The number of nitrogens with zero attached hydrogens (tertiary/aromatic N) is 2. The van der Waals surface area contributed by atoms with Crippen LogP contribution >= 0.6 is 0 Å². The summed E-state index contributed by atoms with van der Waals surface area (Å²) in [6, 6.07) is 20.5. The molecule has 4 rings (SSSR count). The average molecular weight is 465 g/mol. The van der Waals surface area contributed by atoms with Gasteiger partial charge in [0.1, 0.15) is 5.75 Å². The van der Waals surface area contributed by atoms with Gasteiger partial charge in [-0.3, -0.25) is 9.59 Å². The first-order valence-corrected chi connectivity index (χ1v) is 10.0. The fourth-order valence-electron chi connectivity index (χ4n) is 3.24. The van der Waals surface area contributed by atoms with Crippen LogP contribution < -0.4 is 15.6 Å². The van der Waals surface area contributed by atoms with Gasteiger partial charge in [0, 0.05) is 5.39 Å². The van der Waals surface area contributed by atoms with Crippen LogP contribution in [0.5, 0.6) is 5.75 Å². The summed E-state index contributed by atoms with van der Waals surface area (Å²) in [5, 5.41) is 7.04. The third-order valence-electron chi connectivity index (χ3n) is 4.71. The molecule has 0 unspecified atom stereocenters. The lowest BCUT2D eigenvalue weighted by molar-refractivity contribution is -0.119. The number of nitrogens with one attached hydrogen (secondary N) is 1. The number of halogens is 2. The number of ether oxygens (including phenoxy) is 2. The number of anilines is 1. The lowest BCUT2D eigenvalue weighted by Crippen LogP contribution is -2.26. The van der Waals surface area contributed by atoms with Crippen molar-refractivity contribution in [1.82, 2.24) is 9.78 Å². The van der Waals surface area contributed by atoms with Crippen molar-refractivity contribution in [2.45, 2.75) is 6.61 Å². The van der Waals surface area contributed by atoms with Gasteiger partial charge in [0.2, 0.25) is 0 Å². The van der Waals surface area contributed by atoms with Crippen molar-refractivity contribution in [3.63, 3.8) is 0 Å². The lowest BCUT2D eigenvalue weighted by Gasteiger charge is -2.12. The normalized spacial score (nSPS) is 10.8. The van der Waals surface area contributed by atoms with Crippen LogP contribution in [0.4, 0.5) is 14.5 Å². The number of carbonyl (C=O) groups is 2. The fourth-order valence-corrected chi connectivity index (χ4v) is 3.24. The molecule has 0 aliphatic heterocycles. The summed E-state index contributed by atoms with van der Waals surface area (Å²) < 4.78 is 35.7. The molecule has 10 heteroatoms. The monoisotopic (exact) mass is 465 g/mol. The van der Waals surface area contributed by atoms with E-state index in [0.717, 1.165) is 4.68 Å². The molecule has 1 N–H and O–H groups in total. The van der Waals surface area contributed by atoms with Crippen molar-refractivity contribution < 1.29 is 27.8 Å². The van der Waals surface area contributed by atoms with E-state index >= 15 is 0 Å². The molecule has 0 fully saturated rings. The van der Waals surface area contributed by atoms with Crippen LogP contribution in [0.25, 0.3) is 16.5 Å². The van der Waals surface area contributed by atoms with Gasteiger partial charge in [-0.1, -0.05) is 48.5 Å². The van der Waals surface area contributed by atoms with Crippen LogP contribution in [0.3, 0.4) is 0 Å². The number of hydrogen-bond donors (Lipinski definition) is 1. The number of carbonyl (C=O) groups excluding carboxylic acids is 2. The summed E-state index contributed by atoms with van der Waals surface area (Å²) in [7, 11) is 0. The quantitative estimate of drug-likeness (QED) is 0.417. The summed E-state index contributed by atoms with van der Waals surface area (Å²) >= 11 is 0. The molecule has 8 nitrogen and oxygen atoms in total. The minimum Gasteiger partial charge on any atom is -0.451 e. The Kier molecular flexibility index (Phi) is 6.58.